The van der Waals surface area contributed by atoms with Gasteiger partial charge in [0.1, 0.15) is 0 Å². The number of carbonyl (C=O) groups excluding carboxylic acids is 2. The number of likely N-dealkylation sites (tertiary alicyclic amines) is 1. The van der Waals surface area contributed by atoms with Gasteiger partial charge in [-0.05, 0) is 37.8 Å². The van der Waals surface area contributed by atoms with E-state index in [1.54, 1.807) is 0 Å². The first-order chi connectivity index (χ1) is 12.7. The molecule has 138 valence electrons. The Hall–Kier alpha value is -2.41. The topological polar surface area (TPSA) is 74.3 Å². The summed E-state index contributed by atoms with van der Waals surface area (Å²) in [7, 11) is 0. The van der Waals surface area contributed by atoms with E-state index in [0.29, 0.717) is 22.6 Å². The summed E-state index contributed by atoms with van der Waals surface area (Å²) in [6, 6.07) is 9.23. The maximum atomic E-state index is 12.6. The number of amides is 3. The second kappa shape index (κ2) is 8.80. The summed E-state index contributed by atoms with van der Waals surface area (Å²) >= 11 is 1.33. The fourth-order valence-electron chi connectivity index (χ4n) is 3.24. The van der Waals surface area contributed by atoms with Crippen molar-refractivity contribution in [2.24, 2.45) is 0 Å². The zero-order valence-corrected chi connectivity index (χ0v) is 15.7. The molecular weight excluding hydrogens is 348 g/mol. The molecule has 0 unspecified atom stereocenters. The molecule has 0 spiro atoms. The van der Waals surface area contributed by atoms with Crippen LogP contribution in [0.4, 0.5) is 15.6 Å². The number of rotatable bonds is 5. The van der Waals surface area contributed by atoms with Crippen molar-refractivity contribution >= 4 is 34.1 Å². The summed E-state index contributed by atoms with van der Waals surface area (Å²) in [5.41, 5.74) is 1.42. The first kappa shape index (κ1) is 18.4. The highest BCUT2D eigenvalue weighted by molar-refractivity contribution is 7.14. The number of hydrogen-bond acceptors (Lipinski definition) is 4. The molecule has 6 nitrogen and oxygen atoms in total. The Morgan fingerprint density at radius 2 is 2.04 bits per heavy atom. The zero-order chi connectivity index (χ0) is 18.4. The van der Waals surface area contributed by atoms with Gasteiger partial charge in [0.2, 0.25) is 5.91 Å². The molecule has 1 aromatic carbocycles. The first-order valence-electron chi connectivity index (χ1n) is 9.02. The van der Waals surface area contributed by atoms with Gasteiger partial charge in [-0.25, -0.2) is 9.78 Å². The van der Waals surface area contributed by atoms with Crippen LogP contribution < -0.4 is 10.6 Å². The molecule has 0 bridgehead atoms. The third kappa shape index (κ3) is 4.82. The molecule has 7 heteroatoms. The van der Waals surface area contributed by atoms with E-state index in [9.17, 15) is 9.59 Å². The highest BCUT2D eigenvalue weighted by Crippen LogP contribution is 2.22. The molecule has 3 rings (SSSR count). The van der Waals surface area contributed by atoms with Crippen molar-refractivity contribution in [3.8, 4) is 0 Å². The Balaban J connectivity index is 1.54. The normalized spacial score (nSPS) is 17.0. The van der Waals surface area contributed by atoms with Gasteiger partial charge in [-0.3, -0.25) is 10.1 Å². The lowest BCUT2D eigenvalue weighted by atomic mass is 9.99. The third-order valence-electron chi connectivity index (χ3n) is 4.55. The third-order valence-corrected chi connectivity index (χ3v) is 5.36. The van der Waals surface area contributed by atoms with E-state index in [-0.39, 0.29) is 18.4 Å². The van der Waals surface area contributed by atoms with Gasteiger partial charge in [0.05, 0.1) is 12.1 Å². The molecule has 1 atom stereocenters. The van der Waals surface area contributed by atoms with E-state index in [4.69, 9.17) is 0 Å². The van der Waals surface area contributed by atoms with E-state index in [1.807, 2.05) is 40.6 Å². The predicted molar refractivity (Wildman–Crippen MR) is 105 cm³/mol. The van der Waals surface area contributed by atoms with Gasteiger partial charge in [-0.15, -0.1) is 11.3 Å². The quantitative estimate of drug-likeness (QED) is 0.829. The summed E-state index contributed by atoms with van der Waals surface area (Å²) in [5, 5.41) is 7.79. The summed E-state index contributed by atoms with van der Waals surface area (Å²) in [5.74, 6) is 0.127. The Labute approximate surface area is 157 Å². The minimum absolute atomic E-state index is 0.127. The highest BCUT2D eigenvalue weighted by Gasteiger charge is 2.25. The largest absolute Gasteiger partial charge is 0.339 e. The predicted octanol–water partition coefficient (Wildman–Crippen LogP) is 4.12. The molecule has 1 fully saturated rings. The lowest BCUT2D eigenvalue weighted by molar-refractivity contribution is -0.134. The monoisotopic (exact) mass is 372 g/mol. The van der Waals surface area contributed by atoms with Crippen LogP contribution in [0.1, 0.15) is 38.3 Å². The van der Waals surface area contributed by atoms with Crippen molar-refractivity contribution in [2.45, 2.75) is 45.1 Å². The van der Waals surface area contributed by atoms with E-state index in [2.05, 4.69) is 22.5 Å². The molecule has 2 aromatic rings. The Bertz CT molecular complexity index is 747. The number of hydrogen-bond donors (Lipinski definition) is 2. The van der Waals surface area contributed by atoms with Crippen LogP contribution in [0.25, 0.3) is 0 Å². The fourth-order valence-corrected chi connectivity index (χ4v) is 3.94. The number of nitrogens with one attached hydrogen (secondary N) is 2. The van der Waals surface area contributed by atoms with Crippen molar-refractivity contribution in [3.05, 3.63) is 41.4 Å². The highest BCUT2D eigenvalue weighted by atomic mass is 32.1. The van der Waals surface area contributed by atoms with Crippen molar-refractivity contribution < 1.29 is 9.59 Å². The summed E-state index contributed by atoms with van der Waals surface area (Å²) in [4.78, 5) is 31.0. The summed E-state index contributed by atoms with van der Waals surface area (Å²) < 4.78 is 0. The number of carbonyl (C=O) groups is 2. The van der Waals surface area contributed by atoms with Gasteiger partial charge in [0.15, 0.2) is 5.13 Å². The van der Waals surface area contributed by atoms with Gasteiger partial charge >= 0.3 is 6.03 Å². The van der Waals surface area contributed by atoms with E-state index < -0.39 is 0 Å². The second-order valence-corrected chi connectivity index (χ2v) is 7.27. The first-order valence-corrected chi connectivity index (χ1v) is 9.90. The van der Waals surface area contributed by atoms with Crippen LogP contribution in [-0.4, -0.2) is 34.4 Å². The number of piperidine rings is 1. The number of benzene rings is 1. The van der Waals surface area contributed by atoms with Gasteiger partial charge in [-0.2, -0.15) is 0 Å². The van der Waals surface area contributed by atoms with Crippen LogP contribution in [0.5, 0.6) is 0 Å². The Kier molecular flexibility index (Phi) is 6.22. The maximum Gasteiger partial charge on any atom is 0.325 e. The van der Waals surface area contributed by atoms with E-state index in [0.717, 1.165) is 25.8 Å². The Morgan fingerprint density at radius 1 is 1.23 bits per heavy atom. The molecule has 0 aliphatic carbocycles. The van der Waals surface area contributed by atoms with Gasteiger partial charge < -0.3 is 10.2 Å². The molecule has 0 radical (unpaired) electrons. The second-order valence-electron chi connectivity index (χ2n) is 6.41. The summed E-state index contributed by atoms with van der Waals surface area (Å²) in [6.45, 7) is 2.97. The van der Waals surface area contributed by atoms with Crippen molar-refractivity contribution in [1.29, 1.82) is 0 Å². The minimum atomic E-state index is -0.342. The average molecular weight is 372 g/mol. The molecule has 1 aliphatic heterocycles. The number of urea groups is 1. The van der Waals surface area contributed by atoms with Crippen LogP contribution in [0, 0.1) is 0 Å². The van der Waals surface area contributed by atoms with Crippen LogP contribution in [-0.2, 0) is 11.2 Å². The molecule has 2 N–H and O–H groups in total. The molecule has 1 aliphatic rings. The van der Waals surface area contributed by atoms with E-state index in [1.165, 1.54) is 17.8 Å². The van der Waals surface area contributed by atoms with Crippen LogP contribution >= 0.6 is 11.3 Å². The molecule has 3 amide bonds. The van der Waals surface area contributed by atoms with Crippen LogP contribution in [0.3, 0.4) is 0 Å². The van der Waals surface area contributed by atoms with Crippen molar-refractivity contribution in [2.75, 3.05) is 17.2 Å². The van der Waals surface area contributed by atoms with Gasteiger partial charge in [0.25, 0.3) is 0 Å². The number of nitrogens with zero attached hydrogens (tertiary/aromatic N) is 2. The number of thiazole rings is 1. The minimum Gasteiger partial charge on any atom is -0.339 e. The Morgan fingerprint density at radius 3 is 2.81 bits per heavy atom. The smallest absolute Gasteiger partial charge is 0.325 e. The number of para-hydroxylation sites is 1. The standard InChI is InChI=1S/C19H24N4O2S/c1-2-16-10-6-7-11-23(16)17(24)12-15-13-26-19(21-15)22-18(25)20-14-8-4-3-5-9-14/h3-5,8-9,13,16H,2,6-7,10-12H2,1H3,(H2,20,21,22,25)/t16-/m1/s1. The van der Waals surface area contributed by atoms with Crippen molar-refractivity contribution in [3.63, 3.8) is 0 Å². The van der Waals surface area contributed by atoms with Crippen LogP contribution in [0.2, 0.25) is 0 Å². The fraction of sp³-hybridized carbons (Fsp3) is 0.421. The average Bonchev–Trinajstić information content (AvgIpc) is 3.09. The van der Waals surface area contributed by atoms with Gasteiger partial charge in [0, 0.05) is 23.7 Å². The molecule has 1 aromatic heterocycles. The number of aromatic nitrogens is 1. The summed E-state index contributed by atoms with van der Waals surface area (Å²) in [6.07, 6.45) is 4.64. The number of anilines is 2. The molecule has 26 heavy (non-hydrogen) atoms. The lowest BCUT2D eigenvalue weighted by Crippen LogP contribution is -2.44. The zero-order valence-electron chi connectivity index (χ0n) is 14.9. The lowest BCUT2D eigenvalue weighted by Gasteiger charge is -2.35. The molecular formula is C19H24N4O2S. The van der Waals surface area contributed by atoms with E-state index >= 15 is 0 Å². The maximum absolute atomic E-state index is 12.6. The van der Waals surface area contributed by atoms with Crippen LogP contribution in [0.15, 0.2) is 35.7 Å². The SMILES string of the molecule is CC[C@@H]1CCCCN1C(=O)Cc1csc(NC(=O)Nc2ccccc2)n1. The van der Waals surface area contributed by atoms with Crippen molar-refractivity contribution in [1.82, 2.24) is 9.88 Å². The molecule has 0 saturated carbocycles. The molecule has 2 heterocycles. The molecule has 1 saturated heterocycles. The van der Waals surface area contributed by atoms with Gasteiger partial charge in [-0.1, -0.05) is 25.1 Å².